The Bertz CT molecular complexity index is 827. The van der Waals surface area contributed by atoms with Gasteiger partial charge in [0.05, 0.1) is 19.4 Å². The van der Waals surface area contributed by atoms with Gasteiger partial charge in [-0.3, -0.25) is 0 Å². The monoisotopic (exact) mass is 407 g/mol. The summed E-state index contributed by atoms with van der Waals surface area (Å²) in [6, 6.07) is 15.1. The Labute approximate surface area is 165 Å². The molecule has 1 aromatic heterocycles. The smallest absolute Gasteiger partial charge is 0.210 e. The van der Waals surface area contributed by atoms with Crippen molar-refractivity contribution in [3.8, 4) is 11.5 Å². The molecule has 0 aliphatic rings. The van der Waals surface area contributed by atoms with Crippen LogP contribution in [0.5, 0.6) is 11.5 Å². The van der Waals surface area contributed by atoms with Crippen molar-refractivity contribution in [2.24, 2.45) is 0 Å². The van der Waals surface area contributed by atoms with Crippen LogP contribution in [0.4, 0.5) is 10.8 Å². The summed E-state index contributed by atoms with van der Waals surface area (Å²) in [5.74, 6) is 2.52. The average molecular weight is 408 g/mol. The molecule has 1 heterocycles. The second kappa shape index (κ2) is 9.66. The van der Waals surface area contributed by atoms with Gasteiger partial charge in [0.15, 0.2) is 4.34 Å². The quantitative estimate of drug-likeness (QED) is 0.373. The number of hydrogen-bond donors (Lipinski definition) is 1. The van der Waals surface area contributed by atoms with Crippen molar-refractivity contribution in [3.63, 3.8) is 0 Å². The number of benzene rings is 2. The van der Waals surface area contributed by atoms with Crippen LogP contribution in [0.25, 0.3) is 0 Å². The van der Waals surface area contributed by atoms with Crippen LogP contribution < -0.4 is 14.8 Å². The zero-order valence-electron chi connectivity index (χ0n) is 14.1. The van der Waals surface area contributed by atoms with Crippen molar-refractivity contribution in [1.29, 1.82) is 0 Å². The molecule has 0 spiro atoms. The first-order valence-corrected chi connectivity index (χ1v) is 10.2. The minimum absolute atomic E-state index is 0.653. The summed E-state index contributed by atoms with van der Waals surface area (Å²) in [6.45, 7) is 0.653. The lowest BCUT2D eigenvalue weighted by Gasteiger charge is -2.07. The molecule has 0 saturated heterocycles. The van der Waals surface area contributed by atoms with Gasteiger partial charge in [0.1, 0.15) is 11.5 Å². The van der Waals surface area contributed by atoms with Crippen LogP contribution >= 0.6 is 34.7 Å². The molecule has 3 rings (SSSR count). The molecule has 0 bridgehead atoms. The third kappa shape index (κ3) is 5.52. The Morgan fingerprint density at radius 1 is 1.12 bits per heavy atom. The summed E-state index contributed by atoms with van der Waals surface area (Å²) in [5.41, 5.74) is 0.874. The standard InChI is InChI=1S/C18H18ClN3O2S2/c1-23-16-6-3-2-5-15(16)20-17-21-22-18(26-17)25-12-4-11-24-14-9-7-13(19)8-10-14/h2-3,5-10H,4,11-12H2,1H3,(H,20,21). The molecule has 0 amide bonds. The van der Waals surface area contributed by atoms with Crippen LogP contribution in [0.2, 0.25) is 5.02 Å². The number of nitrogens with one attached hydrogen (secondary N) is 1. The van der Waals surface area contributed by atoms with E-state index in [9.17, 15) is 0 Å². The second-order valence-corrected chi connectivity index (χ2v) is 7.96. The molecule has 0 radical (unpaired) electrons. The highest BCUT2D eigenvalue weighted by atomic mass is 35.5. The van der Waals surface area contributed by atoms with E-state index in [1.54, 1.807) is 18.9 Å². The summed E-state index contributed by atoms with van der Waals surface area (Å²) >= 11 is 9.04. The van der Waals surface area contributed by atoms with Crippen molar-refractivity contribution in [1.82, 2.24) is 10.2 Å². The van der Waals surface area contributed by atoms with Gasteiger partial charge in [-0.2, -0.15) is 0 Å². The van der Waals surface area contributed by atoms with E-state index < -0.39 is 0 Å². The third-order valence-electron chi connectivity index (χ3n) is 3.35. The van der Waals surface area contributed by atoms with E-state index in [-0.39, 0.29) is 0 Å². The number of rotatable bonds is 9. The lowest BCUT2D eigenvalue weighted by atomic mass is 10.3. The molecule has 0 fully saturated rings. The molecule has 136 valence electrons. The van der Waals surface area contributed by atoms with Crippen LogP contribution in [0.1, 0.15) is 6.42 Å². The Balaban J connectivity index is 1.41. The van der Waals surface area contributed by atoms with Gasteiger partial charge in [-0.25, -0.2) is 0 Å². The van der Waals surface area contributed by atoms with Crippen LogP contribution in [-0.4, -0.2) is 29.7 Å². The summed E-state index contributed by atoms with van der Waals surface area (Å²) in [7, 11) is 1.65. The second-order valence-electron chi connectivity index (χ2n) is 5.20. The Hall–Kier alpha value is -1.96. The van der Waals surface area contributed by atoms with Crippen molar-refractivity contribution < 1.29 is 9.47 Å². The average Bonchev–Trinajstić information content (AvgIpc) is 3.11. The fourth-order valence-electron chi connectivity index (χ4n) is 2.12. The third-order valence-corrected chi connectivity index (χ3v) is 5.66. The van der Waals surface area contributed by atoms with E-state index in [0.29, 0.717) is 11.6 Å². The zero-order valence-corrected chi connectivity index (χ0v) is 16.5. The number of halogens is 1. The molecule has 0 aliphatic carbocycles. The number of methoxy groups -OCH3 is 1. The molecule has 2 aromatic carbocycles. The fraction of sp³-hybridized carbons (Fsp3) is 0.222. The molecule has 0 atom stereocenters. The fourth-order valence-corrected chi connectivity index (χ4v) is 3.99. The van der Waals surface area contributed by atoms with E-state index in [4.69, 9.17) is 21.1 Å². The molecule has 0 aliphatic heterocycles. The van der Waals surface area contributed by atoms with Gasteiger partial charge in [0, 0.05) is 10.8 Å². The summed E-state index contributed by atoms with van der Waals surface area (Å²) < 4.78 is 11.9. The Morgan fingerprint density at radius 2 is 1.92 bits per heavy atom. The summed E-state index contributed by atoms with van der Waals surface area (Å²) in [6.07, 6.45) is 0.919. The molecule has 0 saturated carbocycles. The first kappa shape index (κ1) is 18.8. The molecule has 3 aromatic rings. The predicted molar refractivity (Wildman–Crippen MR) is 108 cm³/mol. The van der Waals surface area contributed by atoms with Crippen LogP contribution in [-0.2, 0) is 0 Å². The lowest BCUT2D eigenvalue weighted by molar-refractivity contribution is 0.319. The highest BCUT2D eigenvalue weighted by Crippen LogP contribution is 2.31. The molecule has 26 heavy (non-hydrogen) atoms. The number of anilines is 2. The zero-order chi connectivity index (χ0) is 18.2. The van der Waals surface area contributed by atoms with Crippen molar-refractivity contribution in [3.05, 3.63) is 53.6 Å². The molecular formula is C18H18ClN3O2S2. The van der Waals surface area contributed by atoms with E-state index in [0.717, 1.165) is 38.8 Å². The van der Waals surface area contributed by atoms with Crippen LogP contribution in [0.15, 0.2) is 52.9 Å². The van der Waals surface area contributed by atoms with Crippen LogP contribution in [0, 0.1) is 0 Å². The molecule has 5 nitrogen and oxygen atoms in total. The number of aromatic nitrogens is 2. The van der Waals surface area contributed by atoms with Gasteiger partial charge in [0.2, 0.25) is 5.13 Å². The van der Waals surface area contributed by atoms with Gasteiger partial charge >= 0.3 is 0 Å². The maximum atomic E-state index is 5.85. The minimum atomic E-state index is 0.653. The minimum Gasteiger partial charge on any atom is -0.495 e. The van der Waals surface area contributed by atoms with Gasteiger partial charge in [-0.05, 0) is 42.8 Å². The number of nitrogens with zero attached hydrogens (tertiary/aromatic N) is 2. The largest absolute Gasteiger partial charge is 0.495 e. The van der Waals surface area contributed by atoms with Crippen molar-refractivity contribution in [2.45, 2.75) is 10.8 Å². The predicted octanol–water partition coefficient (Wildman–Crippen LogP) is 5.50. The van der Waals surface area contributed by atoms with Gasteiger partial charge in [0.25, 0.3) is 0 Å². The van der Waals surface area contributed by atoms with Gasteiger partial charge in [-0.15, -0.1) is 10.2 Å². The topological polar surface area (TPSA) is 56.3 Å². The molecule has 1 N–H and O–H groups in total. The SMILES string of the molecule is COc1ccccc1Nc1nnc(SCCCOc2ccc(Cl)cc2)s1. The summed E-state index contributed by atoms with van der Waals surface area (Å²) in [4.78, 5) is 0. The highest BCUT2D eigenvalue weighted by molar-refractivity contribution is 8.01. The maximum Gasteiger partial charge on any atom is 0.210 e. The maximum absolute atomic E-state index is 5.85. The normalized spacial score (nSPS) is 10.5. The van der Waals surface area contributed by atoms with E-state index in [2.05, 4.69) is 15.5 Å². The van der Waals surface area contributed by atoms with Crippen molar-refractivity contribution >= 4 is 45.5 Å². The van der Waals surface area contributed by atoms with Gasteiger partial charge < -0.3 is 14.8 Å². The van der Waals surface area contributed by atoms with E-state index >= 15 is 0 Å². The van der Waals surface area contributed by atoms with E-state index in [1.165, 1.54) is 11.3 Å². The molecule has 8 heteroatoms. The summed E-state index contributed by atoms with van der Waals surface area (Å²) in [5, 5.41) is 13.1. The molecule has 0 unspecified atom stereocenters. The van der Waals surface area contributed by atoms with Crippen LogP contribution in [0.3, 0.4) is 0 Å². The highest BCUT2D eigenvalue weighted by Gasteiger charge is 2.08. The van der Waals surface area contributed by atoms with E-state index in [1.807, 2.05) is 48.5 Å². The first-order valence-electron chi connectivity index (χ1n) is 7.99. The number of hydrogen-bond acceptors (Lipinski definition) is 7. The lowest BCUT2D eigenvalue weighted by Crippen LogP contribution is -1.98. The molecular weight excluding hydrogens is 390 g/mol. The van der Waals surface area contributed by atoms with Crippen molar-refractivity contribution in [2.75, 3.05) is 24.8 Å². The first-order chi connectivity index (χ1) is 12.7. The Morgan fingerprint density at radius 3 is 2.73 bits per heavy atom. The number of ether oxygens (including phenoxy) is 2. The number of para-hydroxylation sites is 2. The number of thioether (sulfide) groups is 1. The van der Waals surface area contributed by atoms with Gasteiger partial charge in [-0.1, -0.05) is 46.8 Å². The Kier molecular flexibility index (Phi) is 6.99.